The van der Waals surface area contributed by atoms with Gasteiger partial charge in [-0.2, -0.15) is 31.4 Å². The van der Waals surface area contributed by atoms with Crippen LogP contribution in [0, 0.1) is 5.92 Å². The molecule has 1 aromatic rings. The van der Waals surface area contributed by atoms with Crippen molar-refractivity contribution in [2.75, 3.05) is 26.3 Å². The molecule has 0 saturated carbocycles. The zero-order valence-corrected chi connectivity index (χ0v) is 19.0. The van der Waals surface area contributed by atoms with Crippen LogP contribution in [-0.4, -0.2) is 78.2 Å². The summed E-state index contributed by atoms with van der Waals surface area (Å²) in [5.41, 5.74) is 1.23. The highest BCUT2D eigenvalue weighted by Crippen LogP contribution is 2.36. The predicted octanol–water partition coefficient (Wildman–Crippen LogP) is 2.67. The lowest BCUT2D eigenvalue weighted by Gasteiger charge is -2.22. The van der Waals surface area contributed by atoms with Crippen LogP contribution in [0.3, 0.4) is 0 Å². The number of aromatic nitrogens is 1. The van der Waals surface area contributed by atoms with Crippen molar-refractivity contribution in [3.8, 4) is 5.19 Å². The lowest BCUT2D eigenvalue weighted by molar-refractivity contribution is -0.168. The summed E-state index contributed by atoms with van der Waals surface area (Å²) in [6, 6.07) is -0.730. The number of hydrogen-bond donors (Lipinski definition) is 1. The van der Waals surface area contributed by atoms with Gasteiger partial charge in [-0.3, -0.25) is 14.6 Å². The van der Waals surface area contributed by atoms with Crippen LogP contribution >= 0.6 is 11.3 Å². The van der Waals surface area contributed by atoms with E-state index in [0.29, 0.717) is 30.5 Å². The first-order chi connectivity index (χ1) is 16.3. The Morgan fingerprint density at radius 3 is 2.74 bits per heavy atom. The summed E-state index contributed by atoms with van der Waals surface area (Å²) < 4.78 is 88.1. The highest BCUT2D eigenvalue weighted by atomic mass is 32.1. The van der Waals surface area contributed by atoms with Crippen molar-refractivity contribution in [1.82, 2.24) is 15.3 Å². The van der Waals surface area contributed by atoms with Crippen molar-refractivity contribution < 1.29 is 45.4 Å². The number of nitrogens with one attached hydrogen (secondary N) is 1. The Morgan fingerprint density at radius 2 is 2.09 bits per heavy atom. The zero-order valence-electron chi connectivity index (χ0n) is 18.2. The largest absolute Gasteiger partial charge is 0.465 e. The SMILES string of the molecule is C[C@@H](COCCC(=O)N1CCC(Oc2ncc(C(F)(F)F)s2)C1)N=C1C=NNC(=O)C1C(F)(F)F. The smallest absolute Gasteiger partial charge is 0.427 e. The van der Waals surface area contributed by atoms with Gasteiger partial charge in [-0.1, -0.05) is 11.3 Å². The van der Waals surface area contributed by atoms with Crippen LogP contribution in [0.1, 0.15) is 24.6 Å². The van der Waals surface area contributed by atoms with Crippen LogP contribution in [-0.2, 0) is 20.5 Å². The first-order valence-corrected chi connectivity index (χ1v) is 11.2. The quantitative estimate of drug-likeness (QED) is 0.412. The second-order valence-corrected chi connectivity index (χ2v) is 8.79. The third-order valence-electron chi connectivity index (χ3n) is 4.97. The van der Waals surface area contributed by atoms with E-state index in [-0.39, 0.29) is 37.3 Å². The molecule has 3 atom stereocenters. The van der Waals surface area contributed by atoms with Crippen LogP contribution in [0.5, 0.6) is 5.19 Å². The van der Waals surface area contributed by atoms with E-state index in [1.165, 1.54) is 11.8 Å². The minimum atomic E-state index is -4.82. The van der Waals surface area contributed by atoms with Gasteiger partial charge in [0.15, 0.2) is 5.92 Å². The average Bonchev–Trinajstić information content (AvgIpc) is 3.40. The van der Waals surface area contributed by atoms with Gasteiger partial charge in [0.2, 0.25) is 5.91 Å². The maximum atomic E-state index is 13.1. The molecular formula is C19H21F6N5O4S. The summed E-state index contributed by atoms with van der Waals surface area (Å²) in [5.74, 6) is -4.00. The Balaban J connectivity index is 1.40. The van der Waals surface area contributed by atoms with E-state index < -0.39 is 46.9 Å². The topological polar surface area (TPSA) is 105 Å². The summed E-state index contributed by atoms with van der Waals surface area (Å²) in [6.45, 7) is 1.92. The lowest BCUT2D eigenvalue weighted by atomic mass is 10.0. The minimum absolute atomic E-state index is 0.0134. The highest BCUT2D eigenvalue weighted by Gasteiger charge is 2.49. The van der Waals surface area contributed by atoms with Crippen molar-refractivity contribution in [3.05, 3.63) is 11.1 Å². The number of nitrogens with zero attached hydrogens (tertiary/aromatic N) is 4. The van der Waals surface area contributed by atoms with Gasteiger partial charge < -0.3 is 14.4 Å². The first kappa shape index (κ1) is 26.8. The molecule has 0 radical (unpaired) electrons. The third-order valence-corrected chi connectivity index (χ3v) is 5.91. The van der Waals surface area contributed by atoms with E-state index in [1.807, 2.05) is 0 Å². The fraction of sp³-hybridized carbons (Fsp3) is 0.632. The number of hydrogen-bond acceptors (Lipinski definition) is 8. The normalized spacial score (nSPS) is 23.0. The summed E-state index contributed by atoms with van der Waals surface area (Å²) in [7, 11) is 0. The van der Waals surface area contributed by atoms with Gasteiger partial charge in [0.1, 0.15) is 11.0 Å². The molecule has 2 aliphatic heterocycles. The molecule has 0 aromatic carbocycles. The second-order valence-electron chi connectivity index (χ2n) is 7.79. The molecule has 2 aliphatic rings. The van der Waals surface area contributed by atoms with E-state index in [4.69, 9.17) is 9.47 Å². The van der Waals surface area contributed by atoms with E-state index in [0.717, 1.165) is 6.21 Å². The van der Waals surface area contributed by atoms with Gasteiger partial charge >= 0.3 is 12.4 Å². The van der Waals surface area contributed by atoms with Gasteiger partial charge in [0.25, 0.3) is 11.1 Å². The minimum Gasteiger partial charge on any atom is -0.465 e. The summed E-state index contributed by atoms with van der Waals surface area (Å²) in [5, 5.41) is 3.23. The molecule has 1 fully saturated rings. The van der Waals surface area contributed by atoms with Gasteiger partial charge in [0.05, 0.1) is 50.3 Å². The number of thiazole rings is 1. The first-order valence-electron chi connectivity index (χ1n) is 10.4. The van der Waals surface area contributed by atoms with Crippen molar-refractivity contribution in [2.45, 2.75) is 44.3 Å². The molecule has 0 spiro atoms. The van der Waals surface area contributed by atoms with Gasteiger partial charge in [-0.25, -0.2) is 10.4 Å². The van der Waals surface area contributed by atoms with Crippen LogP contribution in [0.15, 0.2) is 16.3 Å². The fourth-order valence-corrected chi connectivity index (χ4v) is 4.06. The number of hydrazone groups is 1. The number of likely N-dealkylation sites (tertiary alicyclic amines) is 1. The molecule has 1 aromatic heterocycles. The number of ether oxygens (including phenoxy) is 2. The van der Waals surface area contributed by atoms with E-state index in [1.54, 1.807) is 5.43 Å². The molecular weight excluding hydrogens is 508 g/mol. The number of aliphatic imine (C=N–C) groups is 1. The van der Waals surface area contributed by atoms with Crippen molar-refractivity contribution in [3.63, 3.8) is 0 Å². The number of amides is 2. The maximum absolute atomic E-state index is 13.1. The zero-order chi connectivity index (χ0) is 25.8. The maximum Gasteiger partial charge on any atom is 0.427 e. The molecule has 0 bridgehead atoms. The molecule has 2 unspecified atom stereocenters. The van der Waals surface area contributed by atoms with Gasteiger partial charge in [-0.15, -0.1) is 0 Å². The number of rotatable bonds is 8. The monoisotopic (exact) mass is 529 g/mol. The van der Waals surface area contributed by atoms with E-state index >= 15 is 0 Å². The molecule has 16 heteroatoms. The Kier molecular flexibility index (Phi) is 8.35. The Hall–Kier alpha value is -2.75. The second kappa shape index (κ2) is 10.9. The van der Waals surface area contributed by atoms with Crippen molar-refractivity contribution >= 4 is 35.1 Å². The van der Waals surface area contributed by atoms with Gasteiger partial charge in [0, 0.05) is 13.0 Å². The van der Waals surface area contributed by atoms with Crippen molar-refractivity contribution in [1.29, 1.82) is 0 Å². The van der Waals surface area contributed by atoms with Gasteiger partial charge in [-0.05, 0) is 6.92 Å². The summed E-state index contributed by atoms with van der Waals surface area (Å²) in [6.07, 6.45) is -7.86. The third kappa shape index (κ3) is 7.37. The Bertz CT molecular complexity index is 980. The fourth-order valence-electron chi connectivity index (χ4n) is 3.36. The lowest BCUT2D eigenvalue weighted by Crippen LogP contribution is -2.47. The Labute approximate surface area is 199 Å². The highest BCUT2D eigenvalue weighted by molar-refractivity contribution is 7.13. The molecule has 3 heterocycles. The number of halogens is 6. The molecule has 2 amide bonds. The van der Waals surface area contributed by atoms with Crippen LogP contribution in [0.2, 0.25) is 0 Å². The summed E-state index contributed by atoms with van der Waals surface area (Å²) in [4.78, 5) is 31.9. The molecule has 9 nitrogen and oxygen atoms in total. The summed E-state index contributed by atoms with van der Waals surface area (Å²) >= 11 is 0.385. The molecule has 35 heavy (non-hydrogen) atoms. The number of alkyl halides is 6. The molecule has 3 rings (SSSR count). The molecule has 1 saturated heterocycles. The standard InChI is InChI=1S/C19H21F6N5O4S/c1-10(28-12-6-27-29-16(32)15(12)19(23,24)25)9-33-5-3-14(31)30-4-2-11(8-30)34-17-26-7-13(35-17)18(20,21)22/h6-7,10-11,15H,2-5,8-9H2,1H3,(H,29,32)/t10-,11?,15?/m0/s1. The van der Waals surface area contributed by atoms with Crippen LogP contribution < -0.4 is 10.2 Å². The van der Waals surface area contributed by atoms with Crippen molar-refractivity contribution in [2.24, 2.45) is 16.0 Å². The predicted molar refractivity (Wildman–Crippen MR) is 111 cm³/mol. The van der Waals surface area contributed by atoms with E-state index in [2.05, 4.69) is 15.1 Å². The van der Waals surface area contributed by atoms with E-state index in [9.17, 15) is 35.9 Å². The molecule has 194 valence electrons. The average molecular weight is 529 g/mol. The van der Waals surface area contributed by atoms with Crippen LogP contribution in [0.4, 0.5) is 26.3 Å². The Morgan fingerprint density at radius 1 is 1.34 bits per heavy atom. The molecule has 1 N–H and O–H groups in total. The number of carbonyl (C=O) groups excluding carboxylic acids is 2. The molecule has 0 aliphatic carbocycles. The number of carbonyl (C=O) groups is 2. The van der Waals surface area contributed by atoms with Crippen LogP contribution in [0.25, 0.3) is 0 Å².